The predicted octanol–water partition coefficient (Wildman–Crippen LogP) is 1.44. The molecule has 0 saturated carbocycles. The first-order chi connectivity index (χ1) is 10.0. The lowest BCUT2D eigenvalue weighted by Gasteiger charge is -2.28. The average Bonchev–Trinajstić information content (AvgIpc) is 2.77. The van der Waals surface area contributed by atoms with E-state index in [1.807, 2.05) is 26.2 Å². The van der Waals surface area contributed by atoms with Crippen LogP contribution < -0.4 is 4.90 Å². The largest absolute Gasteiger partial charge is 0.508 e. The number of benzene rings is 1. The lowest BCUT2D eigenvalue weighted by molar-refractivity contribution is 0.191. The van der Waals surface area contributed by atoms with Gasteiger partial charge in [0.05, 0.1) is 6.10 Å². The van der Waals surface area contributed by atoms with E-state index in [-0.39, 0.29) is 17.9 Å². The van der Waals surface area contributed by atoms with E-state index in [0.29, 0.717) is 6.54 Å². The fourth-order valence-electron chi connectivity index (χ4n) is 3.12. The van der Waals surface area contributed by atoms with E-state index >= 15 is 0 Å². The first-order valence-corrected chi connectivity index (χ1v) is 7.22. The molecule has 1 aromatic heterocycles. The van der Waals surface area contributed by atoms with Gasteiger partial charge in [0, 0.05) is 30.7 Å². The van der Waals surface area contributed by atoms with Crippen LogP contribution in [0.3, 0.4) is 0 Å². The molecule has 0 aliphatic carbocycles. The van der Waals surface area contributed by atoms with Crippen LogP contribution in [0.5, 0.6) is 5.75 Å². The Balaban J connectivity index is 2.04. The lowest BCUT2D eigenvalue weighted by atomic mass is 10.1. The van der Waals surface area contributed by atoms with Crippen molar-refractivity contribution in [2.75, 3.05) is 32.1 Å². The smallest absolute Gasteiger partial charge is 0.136 e. The maximum Gasteiger partial charge on any atom is 0.136 e. The highest BCUT2D eigenvalue weighted by Gasteiger charge is 2.32. The van der Waals surface area contributed by atoms with Gasteiger partial charge in [-0.25, -0.2) is 4.98 Å². The van der Waals surface area contributed by atoms with E-state index in [2.05, 4.69) is 14.8 Å². The lowest BCUT2D eigenvalue weighted by Crippen LogP contribution is -2.38. The summed E-state index contributed by atoms with van der Waals surface area (Å²) in [7, 11) is 4.07. The quantitative estimate of drug-likeness (QED) is 0.894. The third-order valence-corrected chi connectivity index (χ3v) is 3.97. The second-order valence-corrected chi connectivity index (χ2v) is 6.00. The monoisotopic (exact) mass is 287 g/mol. The Kier molecular flexibility index (Phi) is 3.69. The molecule has 0 amide bonds. The van der Waals surface area contributed by atoms with E-state index in [4.69, 9.17) is 0 Å². The van der Waals surface area contributed by atoms with Gasteiger partial charge in [-0.15, -0.1) is 0 Å². The minimum absolute atomic E-state index is 0.232. The van der Waals surface area contributed by atoms with Crippen molar-refractivity contribution in [1.82, 2.24) is 9.88 Å². The molecule has 5 nitrogen and oxygen atoms in total. The SMILES string of the molecule is CN(C)CC1CC(O)CN1c1nccc2ccc(O)cc12. The van der Waals surface area contributed by atoms with Crippen molar-refractivity contribution in [1.29, 1.82) is 0 Å². The Morgan fingerprint density at radius 2 is 2.14 bits per heavy atom. The number of aromatic hydroxyl groups is 1. The number of phenolic OH excluding ortho intramolecular Hbond substituents is 1. The molecule has 1 fully saturated rings. The summed E-state index contributed by atoms with van der Waals surface area (Å²) in [6.07, 6.45) is 2.20. The molecular weight excluding hydrogens is 266 g/mol. The molecule has 2 atom stereocenters. The zero-order valence-electron chi connectivity index (χ0n) is 12.4. The van der Waals surface area contributed by atoms with Crippen LogP contribution in [-0.2, 0) is 0 Å². The number of rotatable bonds is 3. The van der Waals surface area contributed by atoms with Gasteiger partial charge in [0.25, 0.3) is 0 Å². The Morgan fingerprint density at radius 3 is 2.90 bits per heavy atom. The van der Waals surface area contributed by atoms with Crippen molar-refractivity contribution in [3.05, 3.63) is 30.5 Å². The molecule has 2 unspecified atom stereocenters. The van der Waals surface area contributed by atoms with Gasteiger partial charge in [0.1, 0.15) is 11.6 Å². The summed E-state index contributed by atoms with van der Waals surface area (Å²) in [5.41, 5.74) is 0. The number of β-amino-alcohol motifs (C(OH)–C–C–N with tert-alkyl or cyclic N) is 1. The molecule has 3 rings (SSSR count). The zero-order chi connectivity index (χ0) is 15.0. The molecule has 0 bridgehead atoms. The molecule has 2 heterocycles. The van der Waals surface area contributed by atoms with Gasteiger partial charge in [-0.3, -0.25) is 0 Å². The fraction of sp³-hybridized carbons (Fsp3) is 0.438. The summed E-state index contributed by atoms with van der Waals surface area (Å²) in [6, 6.07) is 7.49. The van der Waals surface area contributed by atoms with Gasteiger partial charge in [-0.05, 0) is 44.1 Å². The van der Waals surface area contributed by atoms with E-state index in [9.17, 15) is 10.2 Å². The molecule has 5 heteroatoms. The third kappa shape index (κ3) is 2.80. The van der Waals surface area contributed by atoms with Crippen molar-refractivity contribution in [3.8, 4) is 5.75 Å². The second-order valence-electron chi connectivity index (χ2n) is 6.00. The van der Waals surface area contributed by atoms with Gasteiger partial charge in [-0.1, -0.05) is 6.07 Å². The van der Waals surface area contributed by atoms with Gasteiger partial charge in [-0.2, -0.15) is 0 Å². The van der Waals surface area contributed by atoms with Crippen LogP contribution in [0.2, 0.25) is 0 Å². The first-order valence-electron chi connectivity index (χ1n) is 7.22. The minimum Gasteiger partial charge on any atom is -0.508 e. The van der Waals surface area contributed by atoms with Crippen molar-refractivity contribution in [3.63, 3.8) is 0 Å². The second kappa shape index (κ2) is 5.50. The standard InChI is InChI=1S/C16H21N3O2/c1-18(2)9-12-7-14(21)10-19(12)16-15-8-13(20)4-3-11(15)5-6-17-16/h3-6,8,12,14,20-21H,7,9-10H2,1-2H3. The summed E-state index contributed by atoms with van der Waals surface area (Å²) in [4.78, 5) is 8.79. The number of aliphatic hydroxyl groups is 1. The molecule has 112 valence electrons. The number of pyridine rings is 1. The summed E-state index contributed by atoms with van der Waals surface area (Å²) in [6.45, 7) is 1.45. The molecule has 0 radical (unpaired) electrons. The number of nitrogens with zero attached hydrogens (tertiary/aromatic N) is 3. The zero-order valence-corrected chi connectivity index (χ0v) is 12.4. The number of aromatic nitrogens is 1. The maximum absolute atomic E-state index is 10.0. The van der Waals surface area contributed by atoms with Gasteiger partial charge >= 0.3 is 0 Å². The minimum atomic E-state index is -0.329. The number of phenols is 1. The average molecular weight is 287 g/mol. The van der Waals surface area contributed by atoms with Gasteiger partial charge in [0.2, 0.25) is 0 Å². The fourth-order valence-corrected chi connectivity index (χ4v) is 3.12. The summed E-state index contributed by atoms with van der Waals surface area (Å²) < 4.78 is 0. The van der Waals surface area contributed by atoms with E-state index in [1.165, 1.54) is 0 Å². The number of anilines is 1. The van der Waals surface area contributed by atoms with E-state index < -0.39 is 0 Å². The summed E-state index contributed by atoms with van der Waals surface area (Å²) in [5, 5.41) is 21.8. The Morgan fingerprint density at radius 1 is 1.33 bits per heavy atom. The van der Waals surface area contributed by atoms with E-state index in [0.717, 1.165) is 29.6 Å². The van der Waals surface area contributed by atoms with Crippen LogP contribution >= 0.6 is 0 Å². The topological polar surface area (TPSA) is 59.8 Å². The predicted molar refractivity (Wildman–Crippen MR) is 83.7 cm³/mol. The molecule has 1 aliphatic heterocycles. The van der Waals surface area contributed by atoms with Crippen LogP contribution in [-0.4, -0.2) is 59.4 Å². The van der Waals surface area contributed by atoms with Gasteiger partial charge < -0.3 is 20.0 Å². The molecule has 2 aromatic rings. The van der Waals surface area contributed by atoms with Crippen molar-refractivity contribution in [2.24, 2.45) is 0 Å². The highest BCUT2D eigenvalue weighted by molar-refractivity contribution is 5.93. The Bertz CT molecular complexity index is 644. The van der Waals surface area contributed by atoms with Crippen molar-refractivity contribution in [2.45, 2.75) is 18.6 Å². The molecule has 2 N–H and O–H groups in total. The van der Waals surface area contributed by atoms with Crippen molar-refractivity contribution < 1.29 is 10.2 Å². The van der Waals surface area contributed by atoms with Crippen LogP contribution in [0.15, 0.2) is 30.5 Å². The first kappa shape index (κ1) is 14.1. The van der Waals surface area contributed by atoms with Crippen LogP contribution in [0.1, 0.15) is 6.42 Å². The van der Waals surface area contributed by atoms with Crippen LogP contribution in [0.25, 0.3) is 10.8 Å². The van der Waals surface area contributed by atoms with Crippen LogP contribution in [0.4, 0.5) is 5.82 Å². The maximum atomic E-state index is 10.0. The number of aliphatic hydroxyl groups excluding tert-OH is 1. The molecule has 21 heavy (non-hydrogen) atoms. The summed E-state index contributed by atoms with van der Waals surface area (Å²) in [5.74, 6) is 1.08. The highest BCUT2D eigenvalue weighted by Crippen LogP contribution is 2.32. The number of likely N-dealkylation sites (N-methyl/N-ethyl adjacent to an activating group) is 1. The third-order valence-electron chi connectivity index (χ3n) is 3.97. The van der Waals surface area contributed by atoms with Crippen LogP contribution in [0, 0.1) is 0 Å². The Hall–Kier alpha value is -1.85. The molecule has 0 spiro atoms. The Labute approximate surface area is 124 Å². The number of hydrogen-bond donors (Lipinski definition) is 2. The highest BCUT2D eigenvalue weighted by atomic mass is 16.3. The summed E-state index contributed by atoms with van der Waals surface area (Å²) >= 11 is 0. The molecule has 1 aliphatic rings. The normalized spacial score (nSPS) is 22.4. The molecule has 1 saturated heterocycles. The number of fused-ring (bicyclic) bond motifs is 1. The number of hydrogen-bond acceptors (Lipinski definition) is 5. The molecular formula is C16H21N3O2. The van der Waals surface area contributed by atoms with Crippen molar-refractivity contribution >= 4 is 16.6 Å². The molecule has 1 aromatic carbocycles. The van der Waals surface area contributed by atoms with Gasteiger partial charge in [0.15, 0.2) is 0 Å². The van der Waals surface area contributed by atoms with E-state index in [1.54, 1.807) is 18.3 Å².